The van der Waals surface area contributed by atoms with E-state index in [1.54, 1.807) is 10.9 Å². The Morgan fingerprint density at radius 3 is 2.86 bits per heavy atom. The Morgan fingerprint density at radius 2 is 2.11 bits per heavy atom. The molecule has 0 radical (unpaired) electrons. The van der Waals surface area contributed by atoms with E-state index in [0.29, 0.717) is 23.5 Å². The summed E-state index contributed by atoms with van der Waals surface area (Å²) in [6.45, 7) is 8.50. The minimum atomic E-state index is -0.622. The van der Waals surface area contributed by atoms with Gasteiger partial charge in [-0.05, 0) is 55.2 Å². The van der Waals surface area contributed by atoms with E-state index < -0.39 is 5.40 Å². The summed E-state index contributed by atoms with van der Waals surface area (Å²) in [6, 6.07) is 8.33. The van der Waals surface area contributed by atoms with Gasteiger partial charge >= 0.3 is 5.97 Å². The Kier molecular flexibility index (Phi) is 5.74. The highest BCUT2D eigenvalue weighted by molar-refractivity contribution is 6.41. The van der Waals surface area contributed by atoms with Gasteiger partial charge in [0.1, 0.15) is 6.07 Å². The summed E-state index contributed by atoms with van der Waals surface area (Å²) in [5.74, 6) is 0.390. The lowest BCUT2D eigenvalue weighted by Gasteiger charge is -2.38. The van der Waals surface area contributed by atoms with E-state index >= 15 is 0 Å². The maximum atomic E-state index is 12.3. The number of rotatable bonds is 4. The average Bonchev–Trinajstić information content (AvgIpc) is 3.35. The van der Waals surface area contributed by atoms with Gasteiger partial charge in [0.25, 0.3) is 0 Å². The van der Waals surface area contributed by atoms with Crippen LogP contribution in [0.1, 0.15) is 56.8 Å². The summed E-state index contributed by atoms with van der Waals surface area (Å²) >= 11 is 0. The predicted molar refractivity (Wildman–Crippen MR) is 135 cm³/mol. The molecule has 2 aliphatic rings. The molecule has 1 aromatic carbocycles. The number of pyridine rings is 1. The van der Waals surface area contributed by atoms with Gasteiger partial charge in [-0.1, -0.05) is 11.3 Å². The molecule has 1 N–H and O–H groups in total. The fourth-order valence-corrected chi connectivity index (χ4v) is 5.37. The van der Waals surface area contributed by atoms with E-state index in [9.17, 15) is 4.79 Å². The van der Waals surface area contributed by atoms with Crippen LogP contribution in [-0.4, -0.2) is 65.7 Å². The smallest absolute Gasteiger partial charge is 0.337 e. The van der Waals surface area contributed by atoms with Gasteiger partial charge in [0, 0.05) is 37.9 Å². The highest BCUT2D eigenvalue weighted by Gasteiger charge is 2.40. The van der Waals surface area contributed by atoms with Gasteiger partial charge in [-0.25, -0.2) is 14.5 Å². The Bertz CT molecular complexity index is 1360. The Hall–Kier alpha value is -3.48. The molecule has 9 nitrogen and oxygen atoms in total. The van der Waals surface area contributed by atoms with E-state index in [0.717, 1.165) is 35.5 Å². The van der Waals surface area contributed by atoms with Crippen LogP contribution in [-0.2, 0) is 16.7 Å². The fraction of sp³-hybridized carbons (Fsp3) is 0.375. The average molecular weight is 467 g/mol. The van der Waals surface area contributed by atoms with Crippen molar-refractivity contribution in [3.63, 3.8) is 0 Å². The minimum absolute atomic E-state index is 0.119. The van der Waals surface area contributed by atoms with Gasteiger partial charge in [0.2, 0.25) is 0 Å². The number of cyclic esters (lactones) is 1. The van der Waals surface area contributed by atoms with Crippen molar-refractivity contribution in [1.82, 2.24) is 30.2 Å². The summed E-state index contributed by atoms with van der Waals surface area (Å²) in [7, 11) is 3.90. The van der Waals surface area contributed by atoms with E-state index in [1.165, 1.54) is 5.56 Å². The number of aryl methyl sites for hydroxylation is 1. The van der Waals surface area contributed by atoms with Crippen molar-refractivity contribution in [2.45, 2.75) is 44.8 Å². The van der Waals surface area contributed by atoms with Crippen LogP contribution >= 0.6 is 0 Å². The number of benzene rings is 1. The maximum absolute atomic E-state index is 12.3. The number of hydrogen-bond acceptors (Lipinski definition) is 8. The molecular formula is C24H27B2N7O2. The molecule has 0 unspecified atom stereocenters. The van der Waals surface area contributed by atoms with Crippen molar-refractivity contribution in [2.24, 2.45) is 0 Å². The molecule has 0 saturated carbocycles. The van der Waals surface area contributed by atoms with Gasteiger partial charge in [-0.15, -0.1) is 5.10 Å². The largest absolute Gasteiger partial charge is 0.470 e. The molecule has 11 heteroatoms. The Balaban J connectivity index is 1.36. The van der Waals surface area contributed by atoms with Crippen molar-refractivity contribution >= 4 is 21.7 Å². The topological polar surface area (TPSA) is 109 Å². The van der Waals surface area contributed by atoms with Gasteiger partial charge in [0.05, 0.1) is 28.4 Å². The molecule has 0 bridgehead atoms. The van der Waals surface area contributed by atoms with Crippen molar-refractivity contribution in [1.29, 1.82) is 5.26 Å². The van der Waals surface area contributed by atoms with Crippen LogP contribution in [0.4, 0.5) is 0 Å². The minimum Gasteiger partial charge on any atom is -0.470 e. The third-order valence-corrected chi connectivity index (χ3v) is 6.89. The number of esters is 1. The Morgan fingerprint density at radius 1 is 1.31 bits per heavy atom. The summed E-state index contributed by atoms with van der Waals surface area (Å²) in [5.41, 5.74) is 6.21. The molecule has 0 spiro atoms. The lowest BCUT2D eigenvalue weighted by Crippen LogP contribution is -2.50. The first-order valence-corrected chi connectivity index (χ1v) is 11.8. The molecule has 5 rings (SSSR count). The molecule has 35 heavy (non-hydrogen) atoms. The molecule has 4 heterocycles. The zero-order valence-corrected chi connectivity index (χ0v) is 20.7. The van der Waals surface area contributed by atoms with Crippen LogP contribution in [0.5, 0.6) is 0 Å². The highest BCUT2D eigenvalue weighted by atomic mass is 16.6. The summed E-state index contributed by atoms with van der Waals surface area (Å²) in [6.07, 6.45) is 3.45. The second-order valence-electron chi connectivity index (χ2n) is 10.0. The maximum Gasteiger partial charge on any atom is 0.337 e. The molecule has 0 amide bonds. The number of piperazine rings is 1. The molecule has 176 valence electrons. The van der Waals surface area contributed by atoms with Crippen LogP contribution in [0.2, 0.25) is 0 Å². The van der Waals surface area contributed by atoms with Gasteiger partial charge < -0.3 is 10.1 Å². The van der Waals surface area contributed by atoms with Crippen LogP contribution in [0.25, 0.3) is 5.82 Å². The summed E-state index contributed by atoms with van der Waals surface area (Å²) in [5, 5.41) is 20.9. The number of fused-ring (bicyclic) bond motifs is 1. The zero-order valence-electron chi connectivity index (χ0n) is 20.7. The SMILES string of the molecule is BC1(B)OC(=O)c2ccc([C@@H]3CN(Cc4cn(-c5cc(C)c(C#N)cn5)nn4)C[C@H](C)N3)c(C)c21. The number of nitriles is 1. The lowest BCUT2D eigenvalue weighted by atomic mass is 9.60. The molecule has 0 aliphatic carbocycles. The summed E-state index contributed by atoms with van der Waals surface area (Å²) in [4.78, 5) is 19.0. The lowest BCUT2D eigenvalue weighted by molar-refractivity contribution is 0.0444. The first-order valence-electron chi connectivity index (χ1n) is 11.8. The Labute approximate surface area is 206 Å². The second kappa shape index (κ2) is 8.63. The van der Waals surface area contributed by atoms with E-state index in [1.807, 2.05) is 40.9 Å². The van der Waals surface area contributed by atoms with Crippen LogP contribution in [0, 0.1) is 25.2 Å². The number of aromatic nitrogens is 4. The van der Waals surface area contributed by atoms with Gasteiger partial charge in [0.15, 0.2) is 21.5 Å². The fourth-order valence-electron chi connectivity index (χ4n) is 5.37. The molecule has 1 saturated heterocycles. The first kappa shape index (κ1) is 23.3. The van der Waals surface area contributed by atoms with Crippen molar-refractivity contribution in [3.8, 4) is 11.9 Å². The second-order valence-corrected chi connectivity index (χ2v) is 10.0. The standard InChI is InChI=1S/C24H27B2N7O2/c1-13-6-21(28-8-16(13)7-27)33-11-17(30-31-33)10-32-9-14(2)29-20(12-32)18-4-5-19-22(15(18)3)24(25,26)35-23(19)34/h4-6,8,11,14,20,29H,9-10,12,25-26H2,1-3H3/t14-,20-/m0/s1. The number of nitrogens with zero attached hydrogens (tertiary/aromatic N) is 6. The number of carbonyl (C=O) groups is 1. The molecule has 2 atom stereocenters. The van der Waals surface area contributed by atoms with Crippen LogP contribution in [0.15, 0.2) is 30.6 Å². The molecule has 3 aromatic rings. The van der Waals surface area contributed by atoms with Crippen LogP contribution < -0.4 is 5.32 Å². The van der Waals surface area contributed by atoms with Crippen LogP contribution in [0.3, 0.4) is 0 Å². The molecule has 2 aromatic heterocycles. The van der Waals surface area contributed by atoms with E-state index in [-0.39, 0.29) is 18.1 Å². The van der Waals surface area contributed by atoms with Gasteiger partial charge in [-0.2, -0.15) is 5.26 Å². The predicted octanol–water partition coefficient (Wildman–Crippen LogP) is 0.233. The van der Waals surface area contributed by atoms with Crippen molar-refractivity contribution in [2.75, 3.05) is 13.1 Å². The number of carbonyl (C=O) groups excluding carboxylic acids is 1. The van der Waals surface area contributed by atoms with Gasteiger partial charge in [-0.3, -0.25) is 4.90 Å². The molecule has 2 aliphatic heterocycles. The third kappa shape index (κ3) is 4.24. The zero-order chi connectivity index (χ0) is 24.9. The number of nitrogens with one attached hydrogen (secondary N) is 1. The monoisotopic (exact) mass is 467 g/mol. The molecule has 1 fully saturated rings. The van der Waals surface area contributed by atoms with Crippen molar-refractivity contribution in [3.05, 3.63) is 69.7 Å². The first-order chi connectivity index (χ1) is 16.7. The molecular weight excluding hydrogens is 440 g/mol. The quantitative estimate of drug-likeness (QED) is 0.430. The number of ether oxygens (including phenoxy) is 1. The van der Waals surface area contributed by atoms with E-state index in [2.05, 4.69) is 51.5 Å². The van der Waals surface area contributed by atoms with E-state index in [4.69, 9.17) is 10.00 Å². The highest BCUT2D eigenvalue weighted by Crippen LogP contribution is 2.37. The van der Waals surface area contributed by atoms with Crippen molar-refractivity contribution < 1.29 is 9.53 Å². The summed E-state index contributed by atoms with van der Waals surface area (Å²) < 4.78 is 7.26. The third-order valence-electron chi connectivity index (χ3n) is 6.89. The normalized spacial score (nSPS) is 21.4. The number of hydrogen-bond donors (Lipinski definition) is 1.